The maximum atomic E-state index is 13.6. The maximum Gasteiger partial charge on any atom is 0.227 e. The molecule has 1 heterocycles. The van der Waals surface area contributed by atoms with Crippen LogP contribution in [0.2, 0.25) is 0 Å². The van der Waals surface area contributed by atoms with E-state index in [1.54, 1.807) is 28.9 Å². The van der Waals surface area contributed by atoms with E-state index in [4.69, 9.17) is 9.84 Å². The van der Waals surface area contributed by atoms with Gasteiger partial charge in [0.25, 0.3) is 0 Å². The van der Waals surface area contributed by atoms with E-state index >= 15 is 0 Å². The quantitative estimate of drug-likeness (QED) is 0.325. The van der Waals surface area contributed by atoms with Crippen LogP contribution in [0.25, 0.3) is 5.69 Å². The van der Waals surface area contributed by atoms with Crippen LogP contribution in [0.3, 0.4) is 0 Å². The molecule has 1 aliphatic rings. The third kappa shape index (κ3) is 5.42. The van der Waals surface area contributed by atoms with Crippen LogP contribution in [-0.4, -0.2) is 32.4 Å². The Morgan fingerprint density at radius 2 is 1.60 bits per heavy atom. The van der Waals surface area contributed by atoms with Gasteiger partial charge in [-0.25, -0.2) is 13.5 Å². The topological polar surface area (TPSA) is 50.5 Å². The van der Waals surface area contributed by atoms with Gasteiger partial charge in [-0.15, -0.1) is 0 Å². The minimum absolute atomic E-state index is 0.339. The second kappa shape index (κ2) is 9.98. The standard InChI is InChI=1S/C28H27F2N3O2/c1-19-26(17-32(23-13-14-23)18-27(34)20-5-3-2-4-6-20)28(35-25-15-9-22(30)10-16-25)33(31-19)24-11-7-21(29)8-12-24/h2-12,15-16,23,27,34H,13-14,17-18H2,1H3. The summed E-state index contributed by atoms with van der Waals surface area (Å²) in [7, 11) is 0. The Hall–Kier alpha value is -3.55. The highest BCUT2D eigenvalue weighted by atomic mass is 19.1. The molecule has 5 rings (SSSR count). The first-order valence-electron chi connectivity index (χ1n) is 11.7. The Morgan fingerprint density at radius 1 is 0.971 bits per heavy atom. The zero-order valence-corrected chi connectivity index (χ0v) is 19.4. The molecule has 1 fully saturated rings. The number of hydrogen-bond acceptors (Lipinski definition) is 4. The minimum atomic E-state index is -0.620. The molecule has 1 saturated carbocycles. The predicted molar refractivity (Wildman–Crippen MR) is 130 cm³/mol. The van der Waals surface area contributed by atoms with Crippen LogP contribution in [-0.2, 0) is 6.54 Å². The first kappa shape index (κ1) is 23.2. The minimum Gasteiger partial charge on any atom is -0.439 e. The van der Waals surface area contributed by atoms with Crippen molar-refractivity contribution in [3.8, 4) is 17.3 Å². The summed E-state index contributed by atoms with van der Waals surface area (Å²) < 4.78 is 34.9. The Bertz CT molecular complexity index is 1270. The highest BCUT2D eigenvalue weighted by Crippen LogP contribution is 2.36. The van der Waals surface area contributed by atoms with Crippen LogP contribution in [0.1, 0.15) is 35.8 Å². The van der Waals surface area contributed by atoms with Crippen molar-refractivity contribution >= 4 is 0 Å². The summed E-state index contributed by atoms with van der Waals surface area (Å²) in [6.45, 7) is 2.91. The zero-order chi connectivity index (χ0) is 24.4. The van der Waals surface area contributed by atoms with E-state index in [1.807, 2.05) is 37.3 Å². The molecule has 0 bridgehead atoms. The number of ether oxygens (including phenoxy) is 1. The number of aryl methyl sites for hydroxylation is 1. The van der Waals surface area contributed by atoms with E-state index in [-0.39, 0.29) is 11.6 Å². The first-order valence-corrected chi connectivity index (χ1v) is 11.7. The summed E-state index contributed by atoms with van der Waals surface area (Å²) in [5, 5.41) is 15.6. The Balaban J connectivity index is 1.49. The Labute approximate surface area is 203 Å². The number of rotatable bonds is 9. The molecule has 35 heavy (non-hydrogen) atoms. The molecule has 7 heteroatoms. The van der Waals surface area contributed by atoms with Crippen LogP contribution in [0, 0.1) is 18.6 Å². The smallest absolute Gasteiger partial charge is 0.227 e. The third-order valence-electron chi connectivity index (χ3n) is 6.25. The molecule has 180 valence electrons. The Kier molecular flexibility index (Phi) is 6.61. The van der Waals surface area contributed by atoms with Gasteiger partial charge in [0.05, 0.1) is 23.0 Å². The molecule has 0 amide bonds. The van der Waals surface area contributed by atoms with Crippen molar-refractivity contribution in [3.05, 3.63) is 107 Å². The molecule has 5 nitrogen and oxygen atoms in total. The van der Waals surface area contributed by atoms with Gasteiger partial charge in [0.15, 0.2) is 0 Å². The largest absolute Gasteiger partial charge is 0.439 e. The highest BCUT2D eigenvalue weighted by molar-refractivity contribution is 5.43. The molecule has 1 unspecified atom stereocenters. The number of aliphatic hydroxyl groups excluding tert-OH is 1. The lowest BCUT2D eigenvalue weighted by atomic mass is 10.1. The summed E-state index contributed by atoms with van der Waals surface area (Å²) in [5.74, 6) is 0.267. The fourth-order valence-corrected chi connectivity index (χ4v) is 4.19. The second-order valence-corrected chi connectivity index (χ2v) is 8.90. The second-order valence-electron chi connectivity index (χ2n) is 8.90. The van der Waals surface area contributed by atoms with Gasteiger partial charge in [-0.3, -0.25) is 4.90 Å². The first-order chi connectivity index (χ1) is 17.0. The monoisotopic (exact) mass is 475 g/mol. The van der Waals surface area contributed by atoms with Crippen molar-refractivity contribution in [1.82, 2.24) is 14.7 Å². The molecule has 0 aliphatic heterocycles. The van der Waals surface area contributed by atoms with E-state index in [0.717, 1.165) is 29.7 Å². The molecule has 0 radical (unpaired) electrons. The SMILES string of the molecule is Cc1nn(-c2ccc(F)cc2)c(Oc2ccc(F)cc2)c1CN(CC(O)c1ccccc1)C1CC1. The fraction of sp³-hybridized carbons (Fsp3) is 0.250. The van der Waals surface area contributed by atoms with Gasteiger partial charge in [-0.05, 0) is 73.9 Å². The van der Waals surface area contributed by atoms with Gasteiger partial charge in [-0.1, -0.05) is 30.3 Å². The van der Waals surface area contributed by atoms with Crippen LogP contribution in [0.15, 0.2) is 78.9 Å². The van der Waals surface area contributed by atoms with E-state index in [0.29, 0.717) is 36.4 Å². The number of nitrogens with zero attached hydrogens (tertiary/aromatic N) is 3. The molecule has 1 aliphatic carbocycles. The van der Waals surface area contributed by atoms with Crippen molar-refractivity contribution in [3.63, 3.8) is 0 Å². The average Bonchev–Trinajstić information content (AvgIpc) is 3.67. The van der Waals surface area contributed by atoms with Crippen LogP contribution >= 0.6 is 0 Å². The van der Waals surface area contributed by atoms with E-state index < -0.39 is 6.10 Å². The average molecular weight is 476 g/mol. The van der Waals surface area contributed by atoms with Gasteiger partial charge < -0.3 is 9.84 Å². The number of hydrogen-bond donors (Lipinski definition) is 1. The predicted octanol–water partition coefficient (Wildman–Crippen LogP) is 5.95. The van der Waals surface area contributed by atoms with Gasteiger partial charge in [0.2, 0.25) is 5.88 Å². The van der Waals surface area contributed by atoms with Crippen molar-refractivity contribution in [2.75, 3.05) is 6.54 Å². The van der Waals surface area contributed by atoms with Crippen molar-refractivity contribution in [1.29, 1.82) is 0 Å². The van der Waals surface area contributed by atoms with Crippen molar-refractivity contribution in [2.45, 2.75) is 38.5 Å². The molecule has 1 atom stereocenters. The van der Waals surface area contributed by atoms with Gasteiger partial charge in [0.1, 0.15) is 17.4 Å². The third-order valence-corrected chi connectivity index (χ3v) is 6.25. The molecule has 1 aromatic heterocycles. The maximum absolute atomic E-state index is 13.6. The van der Waals surface area contributed by atoms with Gasteiger partial charge in [0, 0.05) is 19.1 Å². The number of halogens is 2. The van der Waals surface area contributed by atoms with Gasteiger partial charge in [-0.2, -0.15) is 5.10 Å². The number of aromatic nitrogens is 2. The van der Waals surface area contributed by atoms with Crippen LogP contribution < -0.4 is 4.74 Å². The molecule has 4 aromatic rings. The van der Waals surface area contributed by atoms with Crippen molar-refractivity contribution in [2.24, 2.45) is 0 Å². The molecule has 1 N–H and O–H groups in total. The summed E-state index contributed by atoms with van der Waals surface area (Å²) >= 11 is 0. The fourth-order valence-electron chi connectivity index (χ4n) is 4.19. The van der Waals surface area contributed by atoms with Crippen molar-refractivity contribution < 1.29 is 18.6 Å². The molecular weight excluding hydrogens is 448 g/mol. The number of benzene rings is 3. The number of aliphatic hydroxyl groups is 1. The van der Waals surface area contributed by atoms with Crippen LogP contribution in [0.5, 0.6) is 11.6 Å². The Morgan fingerprint density at radius 3 is 2.23 bits per heavy atom. The van der Waals surface area contributed by atoms with E-state index in [9.17, 15) is 13.9 Å². The van der Waals surface area contributed by atoms with Crippen LogP contribution in [0.4, 0.5) is 8.78 Å². The van der Waals surface area contributed by atoms with Gasteiger partial charge >= 0.3 is 0 Å². The summed E-state index contributed by atoms with van der Waals surface area (Å²) in [5.41, 5.74) is 3.16. The summed E-state index contributed by atoms with van der Waals surface area (Å²) in [4.78, 5) is 2.26. The molecule has 3 aromatic carbocycles. The lowest BCUT2D eigenvalue weighted by Crippen LogP contribution is -2.30. The summed E-state index contributed by atoms with van der Waals surface area (Å²) in [6, 6.07) is 21.8. The van der Waals surface area contributed by atoms with E-state index in [2.05, 4.69) is 4.90 Å². The lowest BCUT2D eigenvalue weighted by Gasteiger charge is -2.25. The molecule has 0 saturated heterocycles. The highest BCUT2D eigenvalue weighted by Gasteiger charge is 2.33. The summed E-state index contributed by atoms with van der Waals surface area (Å²) in [6.07, 6.45) is 1.52. The molecular formula is C28H27F2N3O2. The zero-order valence-electron chi connectivity index (χ0n) is 19.4. The molecule has 0 spiro atoms. The lowest BCUT2D eigenvalue weighted by molar-refractivity contribution is 0.104. The normalized spacial score (nSPS) is 14.3. The van der Waals surface area contributed by atoms with E-state index in [1.165, 1.54) is 24.3 Å².